The lowest BCUT2D eigenvalue weighted by Crippen LogP contribution is -1.95. The highest BCUT2D eigenvalue weighted by Gasteiger charge is 2.10. The third-order valence-corrected chi connectivity index (χ3v) is 5.30. The van der Waals surface area contributed by atoms with Crippen molar-refractivity contribution in [2.45, 2.75) is 13.8 Å². The Hall–Kier alpha value is -2.81. The number of nitriles is 1. The van der Waals surface area contributed by atoms with Gasteiger partial charge in [-0.25, -0.2) is 4.98 Å². The molecule has 0 spiro atoms. The lowest BCUT2D eigenvalue weighted by atomic mass is 10.1. The Balaban J connectivity index is 1.87. The fraction of sp³-hybridized carbons (Fsp3) is 0.143. The summed E-state index contributed by atoms with van der Waals surface area (Å²) in [4.78, 5) is 4.63. The summed E-state index contributed by atoms with van der Waals surface area (Å²) in [5.41, 5.74) is 5.49. The molecule has 0 amide bonds. The summed E-state index contributed by atoms with van der Waals surface area (Å²) < 4.78 is 5.31. The number of nitrogens with zero attached hydrogens (tertiary/aromatic N) is 2. The molecule has 0 radical (unpaired) electrons. The molecule has 4 nitrogen and oxygen atoms in total. The van der Waals surface area contributed by atoms with E-state index in [4.69, 9.17) is 16.3 Å². The normalized spacial score (nSPS) is 11.1. The first-order chi connectivity index (χ1) is 13.0. The molecular formula is C21H18ClN3OS. The number of methoxy groups -OCH3 is 1. The van der Waals surface area contributed by atoms with Crippen molar-refractivity contribution in [1.82, 2.24) is 4.98 Å². The maximum atomic E-state index is 9.55. The Kier molecular flexibility index (Phi) is 5.80. The number of allylic oxidation sites excluding steroid dienone is 1. The monoisotopic (exact) mass is 395 g/mol. The molecule has 0 aliphatic heterocycles. The number of anilines is 1. The smallest absolute Gasteiger partial charge is 0.142 e. The van der Waals surface area contributed by atoms with E-state index < -0.39 is 0 Å². The Morgan fingerprint density at radius 1 is 1.22 bits per heavy atom. The zero-order chi connectivity index (χ0) is 19.4. The lowest BCUT2D eigenvalue weighted by molar-refractivity contribution is 0.417. The van der Waals surface area contributed by atoms with E-state index in [1.165, 1.54) is 22.5 Å². The highest BCUT2D eigenvalue weighted by molar-refractivity contribution is 7.11. The second-order valence-corrected chi connectivity index (χ2v) is 7.29. The van der Waals surface area contributed by atoms with E-state index in [2.05, 4.69) is 42.4 Å². The minimum atomic E-state index is 0.442. The SMILES string of the molecule is COc1ccc(Cl)cc1N/C=C(\C#N)c1nc(-c2ccc(C)c(C)c2)cs1. The molecule has 1 heterocycles. The molecule has 0 saturated heterocycles. The molecule has 0 fully saturated rings. The van der Waals surface area contributed by atoms with E-state index >= 15 is 0 Å². The predicted molar refractivity (Wildman–Crippen MR) is 112 cm³/mol. The van der Waals surface area contributed by atoms with Crippen LogP contribution in [0.1, 0.15) is 16.1 Å². The van der Waals surface area contributed by atoms with Crippen molar-refractivity contribution in [1.29, 1.82) is 5.26 Å². The number of nitrogens with one attached hydrogen (secondary N) is 1. The Labute approximate surface area is 167 Å². The number of ether oxygens (including phenoxy) is 1. The molecule has 3 rings (SSSR count). The van der Waals surface area contributed by atoms with Crippen molar-refractivity contribution in [2.75, 3.05) is 12.4 Å². The first kappa shape index (κ1) is 19.0. The molecule has 136 valence electrons. The van der Waals surface area contributed by atoms with Gasteiger partial charge in [0.15, 0.2) is 0 Å². The van der Waals surface area contributed by atoms with E-state index in [1.54, 1.807) is 31.5 Å². The number of halogens is 1. The first-order valence-corrected chi connectivity index (χ1v) is 9.51. The molecular weight excluding hydrogens is 378 g/mol. The molecule has 0 saturated carbocycles. The molecule has 0 aliphatic carbocycles. The van der Waals surface area contributed by atoms with Crippen LogP contribution in [0.5, 0.6) is 5.75 Å². The Bertz CT molecular complexity index is 1050. The molecule has 6 heteroatoms. The Morgan fingerprint density at radius 2 is 2.04 bits per heavy atom. The van der Waals surface area contributed by atoms with Crippen LogP contribution in [0.2, 0.25) is 5.02 Å². The van der Waals surface area contributed by atoms with Gasteiger partial charge in [0, 0.05) is 22.2 Å². The molecule has 2 aromatic carbocycles. The summed E-state index contributed by atoms with van der Waals surface area (Å²) in [5.74, 6) is 0.642. The second kappa shape index (κ2) is 8.26. The summed E-state index contributed by atoms with van der Waals surface area (Å²) in [6.45, 7) is 4.16. The number of aromatic nitrogens is 1. The van der Waals surface area contributed by atoms with E-state index in [0.29, 0.717) is 27.0 Å². The first-order valence-electron chi connectivity index (χ1n) is 8.25. The molecule has 0 bridgehead atoms. The lowest BCUT2D eigenvalue weighted by Gasteiger charge is -2.08. The highest BCUT2D eigenvalue weighted by atomic mass is 35.5. The van der Waals surface area contributed by atoms with Crippen molar-refractivity contribution in [3.63, 3.8) is 0 Å². The van der Waals surface area contributed by atoms with Crippen LogP contribution in [0, 0.1) is 25.2 Å². The molecule has 0 aliphatic rings. The van der Waals surface area contributed by atoms with Gasteiger partial charge in [0.25, 0.3) is 0 Å². The quantitative estimate of drug-likeness (QED) is 0.533. The second-order valence-electron chi connectivity index (χ2n) is 6.00. The number of benzene rings is 2. The van der Waals surface area contributed by atoms with Gasteiger partial charge in [-0.05, 0) is 49.2 Å². The maximum Gasteiger partial charge on any atom is 0.142 e. The number of rotatable bonds is 5. The van der Waals surface area contributed by atoms with Crippen LogP contribution in [-0.2, 0) is 0 Å². The molecule has 27 heavy (non-hydrogen) atoms. The standard InChI is InChI=1S/C21H18ClN3OS/c1-13-4-5-15(8-14(13)2)19-12-27-21(25-19)16(10-23)11-24-18-9-17(22)6-7-20(18)26-3/h4-9,11-12,24H,1-3H3/b16-11+. The fourth-order valence-corrected chi connectivity index (χ4v) is 3.48. The molecule has 0 unspecified atom stereocenters. The summed E-state index contributed by atoms with van der Waals surface area (Å²) in [5, 5.41) is 15.8. The summed E-state index contributed by atoms with van der Waals surface area (Å²) in [6.07, 6.45) is 1.62. The van der Waals surface area contributed by atoms with Gasteiger partial charge < -0.3 is 10.1 Å². The van der Waals surface area contributed by atoms with Crippen LogP contribution in [0.3, 0.4) is 0 Å². The van der Waals surface area contributed by atoms with Gasteiger partial charge in [-0.3, -0.25) is 0 Å². The largest absolute Gasteiger partial charge is 0.495 e. The van der Waals surface area contributed by atoms with Crippen LogP contribution in [0.25, 0.3) is 16.8 Å². The van der Waals surface area contributed by atoms with Crippen molar-refractivity contribution >= 4 is 34.2 Å². The Morgan fingerprint density at radius 3 is 2.74 bits per heavy atom. The number of hydrogen-bond acceptors (Lipinski definition) is 5. The molecule has 3 aromatic rings. The van der Waals surface area contributed by atoms with E-state index in [9.17, 15) is 5.26 Å². The third-order valence-electron chi connectivity index (χ3n) is 4.19. The molecule has 1 N–H and O–H groups in total. The molecule has 0 atom stereocenters. The average molecular weight is 396 g/mol. The van der Waals surface area contributed by atoms with Crippen molar-refractivity contribution < 1.29 is 4.74 Å². The van der Waals surface area contributed by atoms with Crippen molar-refractivity contribution in [3.8, 4) is 23.1 Å². The zero-order valence-corrected chi connectivity index (χ0v) is 16.8. The van der Waals surface area contributed by atoms with Crippen molar-refractivity contribution in [3.05, 3.63) is 69.1 Å². The van der Waals surface area contributed by atoms with Crippen LogP contribution < -0.4 is 10.1 Å². The van der Waals surface area contributed by atoms with Gasteiger partial charge in [-0.15, -0.1) is 11.3 Å². The van der Waals surface area contributed by atoms with Gasteiger partial charge in [-0.2, -0.15) is 5.26 Å². The topological polar surface area (TPSA) is 57.9 Å². The highest BCUT2D eigenvalue weighted by Crippen LogP contribution is 2.30. The number of aryl methyl sites for hydroxylation is 2. The van der Waals surface area contributed by atoms with Gasteiger partial charge in [0.1, 0.15) is 22.4 Å². The third kappa shape index (κ3) is 4.30. The zero-order valence-electron chi connectivity index (χ0n) is 15.2. The van der Waals surface area contributed by atoms with Crippen LogP contribution in [0.15, 0.2) is 48.0 Å². The summed E-state index contributed by atoms with van der Waals surface area (Å²) >= 11 is 7.48. The van der Waals surface area contributed by atoms with Crippen LogP contribution in [-0.4, -0.2) is 12.1 Å². The predicted octanol–water partition coefficient (Wildman–Crippen LogP) is 6.07. The maximum absolute atomic E-state index is 9.55. The van der Waals surface area contributed by atoms with Crippen molar-refractivity contribution in [2.24, 2.45) is 0 Å². The number of thiazole rings is 1. The van der Waals surface area contributed by atoms with Gasteiger partial charge in [-0.1, -0.05) is 23.7 Å². The average Bonchev–Trinajstić information content (AvgIpc) is 3.14. The van der Waals surface area contributed by atoms with Gasteiger partial charge >= 0.3 is 0 Å². The van der Waals surface area contributed by atoms with E-state index in [-0.39, 0.29) is 0 Å². The van der Waals surface area contributed by atoms with Gasteiger partial charge in [0.2, 0.25) is 0 Å². The molecule has 1 aromatic heterocycles. The van der Waals surface area contributed by atoms with E-state index in [1.807, 2.05) is 11.4 Å². The van der Waals surface area contributed by atoms with Crippen LogP contribution >= 0.6 is 22.9 Å². The minimum Gasteiger partial charge on any atom is -0.495 e. The summed E-state index contributed by atoms with van der Waals surface area (Å²) in [7, 11) is 1.58. The minimum absolute atomic E-state index is 0.442. The summed E-state index contributed by atoms with van der Waals surface area (Å²) in [6, 6.07) is 13.7. The number of hydrogen-bond donors (Lipinski definition) is 1. The van der Waals surface area contributed by atoms with E-state index in [0.717, 1.165) is 11.3 Å². The van der Waals surface area contributed by atoms with Crippen LogP contribution in [0.4, 0.5) is 5.69 Å². The fourth-order valence-electron chi connectivity index (χ4n) is 2.52. The van der Waals surface area contributed by atoms with Gasteiger partial charge in [0.05, 0.1) is 18.5 Å².